The third kappa shape index (κ3) is 4.68. The molecule has 1 aromatic rings. The van der Waals surface area contributed by atoms with Crippen LogP contribution in [0.3, 0.4) is 0 Å². The lowest BCUT2D eigenvalue weighted by molar-refractivity contribution is -0.119. The number of benzene rings is 1. The van der Waals surface area contributed by atoms with Crippen molar-refractivity contribution in [1.82, 2.24) is 0 Å². The van der Waals surface area contributed by atoms with E-state index < -0.39 is 10.9 Å². The summed E-state index contributed by atoms with van der Waals surface area (Å²) in [6.07, 6.45) is 0. The van der Waals surface area contributed by atoms with Crippen LogP contribution < -0.4 is 5.32 Å². The second kappa shape index (κ2) is 6.78. The first-order valence-electron chi connectivity index (χ1n) is 5.76. The summed E-state index contributed by atoms with van der Waals surface area (Å²) in [7, 11) is 0. The van der Waals surface area contributed by atoms with Gasteiger partial charge in [0.1, 0.15) is 5.25 Å². The summed E-state index contributed by atoms with van der Waals surface area (Å²) in [4.78, 5) is 12.1. The number of aliphatic hydroxyl groups excluding tert-OH is 1. The number of thioether (sulfide) groups is 1. The molecular formula is C13H19NO3S. The Labute approximate surface area is 111 Å². The van der Waals surface area contributed by atoms with Gasteiger partial charge in [0.2, 0.25) is 5.91 Å². The van der Waals surface area contributed by atoms with E-state index in [1.165, 1.54) is 11.8 Å². The molecule has 0 radical (unpaired) electrons. The van der Waals surface area contributed by atoms with Crippen molar-refractivity contribution in [2.45, 2.75) is 24.7 Å². The fourth-order valence-corrected chi connectivity index (χ4v) is 2.46. The number of hydrogen-bond donors (Lipinski definition) is 3. The van der Waals surface area contributed by atoms with Crippen LogP contribution in [0.25, 0.3) is 0 Å². The van der Waals surface area contributed by atoms with Gasteiger partial charge in [-0.25, -0.2) is 0 Å². The Morgan fingerprint density at radius 3 is 2.50 bits per heavy atom. The molecule has 1 aromatic carbocycles. The molecule has 0 fully saturated rings. The normalized spacial score (nSPS) is 13.1. The van der Waals surface area contributed by atoms with Gasteiger partial charge in [0.25, 0.3) is 0 Å². The highest BCUT2D eigenvalue weighted by molar-refractivity contribution is 8.00. The lowest BCUT2D eigenvalue weighted by Gasteiger charge is -2.27. The fraction of sp³-hybridized carbons (Fsp3) is 0.462. The molecule has 0 heterocycles. The van der Waals surface area contributed by atoms with Gasteiger partial charge < -0.3 is 15.5 Å². The van der Waals surface area contributed by atoms with Crippen LogP contribution in [-0.4, -0.2) is 39.3 Å². The maximum atomic E-state index is 12.1. The van der Waals surface area contributed by atoms with Crippen molar-refractivity contribution in [3.05, 3.63) is 30.3 Å². The molecule has 0 saturated heterocycles. The van der Waals surface area contributed by atoms with Crippen molar-refractivity contribution in [2.75, 3.05) is 17.7 Å². The van der Waals surface area contributed by atoms with Crippen LogP contribution in [-0.2, 0) is 4.79 Å². The minimum Gasteiger partial charge on any atom is -0.396 e. The van der Waals surface area contributed by atoms with E-state index >= 15 is 0 Å². The minimum atomic E-state index is -1.14. The Morgan fingerprint density at radius 1 is 1.39 bits per heavy atom. The summed E-state index contributed by atoms with van der Waals surface area (Å²) in [5.74, 6) is 0.156. The Kier molecular flexibility index (Phi) is 5.65. The van der Waals surface area contributed by atoms with Crippen LogP contribution in [0.2, 0.25) is 0 Å². The molecule has 1 rings (SSSR count). The van der Waals surface area contributed by atoms with Crippen LogP contribution in [0, 0.1) is 0 Å². The van der Waals surface area contributed by atoms with Gasteiger partial charge in [-0.2, -0.15) is 0 Å². The number of amides is 1. The van der Waals surface area contributed by atoms with E-state index in [4.69, 9.17) is 5.11 Å². The van der Waals surface area contributed by atoms with Gasteiger partial charge in [-0.05, 0) is 26.0 Å². The van der Waals surface area contributed by atoms with Crippen LogP contribution in [0.5, 0.6) is 0 Å². The number of aliphatic hydroxyl groups is 2. The molecule has 3 N–H and O–H groups in total. The Morgan fingerprint density at radius 2 is 2.00 bits per heavy atom. The van der Waals surface area contributed by atoms with E-state index in [9.17, 15) is 9.90 Å². The van der Waals surface area contributed by atoms with Crippen LogP contribution in [0.15, 0.2) is 30.3 Å². The van der Waals surface area contributed by atoms with E-state index in [-0.39, 0.29) is 12.5 Å². The zero-order valence-electron chi connectivity index (χ0n) is 10.6. The Bertz CT molecular complexity index is 376. The second-order valence-corrected chi connectivity index (χ2v) is 5.70. The first-order chi connectivity index (χ1) is 8.45. The van der Waals surface area contributed by atoms with Gasteiger partial charge in [0.15, 0.2) is 0 Å². The van der Waals surface area contributed by atoms with Gasteiger partial charge in [0, 0.05) is 11.4 Å². The number of hydrogen-bond acceptors (Lipinski definition) is 4. The molecule has 0 bridgehead atoms. The van der Waals surface area contributed by atoms with Crippen LogP contribution in [0.1, 0.15) is 13.8 Å². The number of carbonyl (C=O) groups is 1. The fourth-order valence-electron chi connectivity index (χ4n) is 1.50. The molecule has 0 aliphatic heterocycles. The van der Waals surface area contributed by atoms with Gasteiger partial charge in [-0.1, -0.05) is 18.2 Å². The molecule has 0 spiro atoms. The zero-order chi connectivity index (χ0) is 13.6. The highest BCUT2D eigenvalue weighted by atomic mass is 32.2. The van der Waals surface area contributed by atoms with Crippen LogP contribution in [0.4, 0.5) is 5.69 Å². The summed E-state index contributed by atoms with van der Waals surface area (Å²) in [5.41, 5.74) is -0.444. The summed E-state index contributed by atoms with van der Waals surface area (Å²) in [6.45, 7) is 3.16. The Balaban J connectivity index is 2.71. The third-order valence-corrected chi connectivity index (χ3v) is 3.84. The topological polar surface area (TPSA) is 69.6 Å². The van der Waals surface area contributed by atoms with Gasteiger partial charge >= 0.3 is 0 Å². The summed E-state index contributed by atoms with van der Waals surface area (Å²) >= 11 is 1.24. The molecule has 100 valence electrons. The van der Waals surface area contributed by atoms with E-state index in [1.807, 2.05) is 18.2 Å². The van der Waals surface area contributed by atoms with Crippen molar-refractivity contribution < 1.29 is 15.0 Å². The summed E-state index contributed by atoms with van der Waals surface area (Å²) in [5, 5.41) is 20.9. The molecule has 0 aliphatic rings. The summed E-state index contributed by atoms with van der Waals surface area (Å²) < 4.78 is 0. The predicted octanol–water partition coefficient (Wildman–Crippen LogP) is 1.49. The van der Waals surface area contributed by atoms with Crippen molar-refractivity contribution in [2.24, 2.45) is 0 Å². The molecule has 1 unspecified atom stereocenters. The molecule has 4 nitrogen and oxygen atoms in total. The molecule has 0 saturated carbocycles. The van der Waals surface area contributed by atoms with Gasteiger partial charge in [0.05, 0.1) is 12.2 Å². The van der Waals surface area contributed by atoms with Crippen molar-refractivity contribution in [3.63, 3.8) is 0 Å². The molecule has 5 heteroatoms. The number of rotatable bonds is 6. The van der Waals surface area contributed by atoms with Crippen LogP contribution >= 0.6 is 11.8 Å². The largest absolute Gasteiger partial charge is 0.396 e. The maximum Gasteiger partial charge on any atom is 0.240 e. The lowest BCUT2D eigenvalue weighted by atomic mass is 10.0. The second-order valence-electron chi connectivity index (χ2n) is 4.48. The van der Waals surface area contributed by atoms with E-state index in [1.54, 1.807) is 26.0 Å². The number of anilines is 1. The molecule has 1 amide bonds. The highest BCUT2D eigenvalue weighted by Crippen LogP contribution is 2.24. The molecule has 0 aliphatic carbocycles. The van der Waals surface area contributed by atoms with Crippen molar-refractivity contribution >= 4 is 23.4 Å². The highest BCUT2D eigenvalue weighted by Gasteiger charge is 2.33. The number of nitrogens with one attached hydrogen (secondary N) is 1. The average molecular weight is 269 g/mol. The first kappa shape index (κ1) is 15.0. The van der Waals surface area contributed by atoms with Gasteiger partial charge in [-0.3, -0.25) is 4.79 Å². The number of carbonyl (C=O) groups excluding carboxylic acids is 1. The van der Waals surface area contributed by atoms with E-state index in [0.717, 1.165) is 0 Å². The zero-order valence-corrected chi connectivity index (χ0v) is 11.4. The summed E-state index contributed by atoms with van der Waals surface area (Å²) in [6, 6.07) is 9.10. The SMILES string of the molecule is CC(C)(O)C(SCCO)C(=O)Nc1ccccc1. The Hall–Kier alpha value is -1.04. The third-order valence-electron chi connectivity index (χ3n) is 2.30. The standard InChI is InChI=1S/C13H19NO3S/c1-13(2,17)11(18-9-8-15)12(16)14-10-6-4-3-5-7-10/h3-7,11,15,17H,8-9H2,1-2H3,(H,14,16). The van der Waals surface area contributed by atoms with E-state index in [2.05, 4.69) is 5.32 Å². The quantitative estimate of drug-likeness (QED) is 0.732. The van der Waals surface area contributed by atoms with E-state index in [0.29, 0.717) is 11.4 Å². The van der Waals surface area contributed by atoms with Crippen molar-refractivity contribution in [3.8, 4) is 0 Å². The minimum absolute atomic E-state index is 0.0180. The predicted molar refractivity (Wildman–Crippen MR) is 74.7 cm³/mol. The first-order valence-corrected chi connectivity index (χ1v) is 6.81. The molecular weight excluding hydrogens is 250 g/mol. The molecule has 0 aromatic heterocycles. The maximum absolute atomic E-state index is 12.1. The lowest BCUT2D eigenvalue weighted by Crippen LogP contribution is -2.43. The molecule has 1 atom stereocenters. The molecule has 18 heavy (non-hydrogen) atoms. The number of para-hydroxylation sites is 1. The van der Waals surface area contributed by atoms with Gasteiger partial charge in [-0.15, -0.1) is 11.8 Å². The smallest absolute Gasteiger partial charge is 0.240 e. The van der Waals surface area contributed by atoms with Crippen molar-refractivity contribution in [1.29, 1.82) is 0 Å². The monoisotopic (exact) mass is 269 g/mol. The average Bonchev–Trinajstić information content (AvgIpc) is 2.29.